The fourth-order valence-electron chi connectivity index (χ4n) is 4.92. The lowest BCUT2D eigenvalue weighted by atomic mass is 9.95. The van der Waals surface area contributed by atoms with E-state index in [1.807, 2.05) is 65.1 Å². The highest BCUT2D eigenvalue weighted by Gasteiger charge is 2.19. The summed E-state index contributed by atoms with van der Waals surface area (Å²) in [5.74, 6) is 0.564. The number of rotatable bonds is 6. The number of carbonyl (C=O) groups excluding carboxylic acids is 1. The summed E-state index contributed by atoms with van der Waals surface area (Å²) in [5.41, 5.74) is 8.52. The Balaban J connectivity index is 1.58. The monoisotopic (exact) mass is 489 g/mol. The third-order valence-electron chi connectivity index (χ3n) is 6.81. The molecule has 37 heavy (non-hydrogen) atoms. The number of hydrogen-bond donors (Lipinski definition) is 1. The van der Waals surface area contributed by atoms with Gasteiger partial charge < -0.3 is 14.5 Å². The molecule has 0 aliphatic heterocycles. The number of carbonyl (C=O) groups is 1. The van der Waals surface area contributed by atoms with Crippen LogP contribution in [0.15, 0.2) is 83.5 Å². The minimum absolute atomic E-state index is 0.174. The van der Waals surface area contributed by atoms with Crippen LogP contribution in [0.1, 0.15) is 36.1 Å². The molecule has 5 aromatic rings. The Morgan fingerprint density at radius 1 is 0.973 bits per heavy atom. The lowest BCUT2D eigenvalue weighted by molar-refractivity contribution is -0.111. The number of benzene rings is 4. The first-order valence-corrected chi connectivity index (χ1v) is 12.6. The highest BCUT2D eigenvalue weighted by atomic mass is 16.5. The molecule has 1 heterocycles. The zero-order chi connectivity index (χ0) is 26.1. The number of fused-ring (bicyclic) bond motifs is 2. The first kappa shape index (κ1) is 24.4. The number of furan rings is 1. The maximum Gasteiger partial charge on any atom is 0.248 e. The molecule has 0 spiro atoms. The molecule has 1 amide bonds. The van der Waals surface area contributed by atoms with Crippen molar-refractivity contribution in [3.63, 3.8) is 0 Å². The van der Waals surface area contributed by atoms with Gasteiger partial charge in [-0.1, -0.05) is 54.1 Å². The number of aryl methyl sites for hydroxylation is 3. The molecular formula is C33H31NO3. The smallest absolute Gasteiger partial charge is 0.248 e. The molecule has 0 bridgehead atoms. The number of anilines is 1. The van der Waals surface area contributed by atoms with Crippen molar-refractivity contribution < 1.29 is 13.9 Å². The second-order valence-electron chi connectivity index (χ2n) is 9.53. The van der Waals surface area contributed by atoms with Gasteiger partial charge in [0.25, 0.3) is 0 Å². The summed E-state index contributed by atoms with van der Waals surface area (Å²) in [6.45, 7) is 10.5. The maximum atomic E-state index is 13.0. The van der Waals surface area contributed by atoms with E-state index in [2.05, 4.69) is 47.8 Å². The van der Waals surface area contributed by atoms with Crippen LogP contribution >= 0.6 is 0 Å². The first-order valence-electron chi connectivity index (χ1n) is 12.6. The van der Waals surface area contributed by atoms with Crippen molar-refractivity contribution in [3.05, 3.63) is 101 Å². The maximum absolute atomic E-state index is 13.0. The van der Waals surface area contributed by atoms with Crippen LogP contribution in [0.2, 0.25) is 0 Å². The zero-order valence-electron chi connectivity index (χ0n) is 21.9. The molecule has 0 saturated carbocycles. The average molecular weight is 490 g/mol. The van der Waals surface area contributed by atoms with E-state index in [1.165, 1.54) is 10.8 Å². The van der Waals surface area contributed by atoms with Crippen molar-refractivity contribution >= 4 is 38.9 Å². The number of hydrogen-bond acceptors (Lipinski definition) is 3. The highest BCUT2D eigenvalue weighted by molar-refractivity contribution is 6.06. The van der Waals surface area contributed by atoms with E-state index in [-0.39, 0.29) is 5.91 Å². The van der Waals surface area contributed by atoms with E-state index < -0.39 is 0 Å². The Morgan fingerprint density at radius 3 is 2.51 bits per heavy atom. The van der Waals surface area contributed by atoms with Crippen LogP contribution in [-0.4, -0.2) is 12.5 Å². The first-order chi connectivity index (χ1) is 17.9. The molecular weight excluding hydrogens is 458 g/mol. The van der Waals surface area contributed by atoms with Gasteiger partial charge in [-0.25, -0.2) is 0 Å². The number of ether oxygens (including phenoxy) is 1. The summed E-state index contributed by atoms with van der Waals surface area (Å²) in [5, 5.41) is 6.38. The van der Waals surface area contributed by atoms with Gasteiger partial charge in [-0.05, 0) is 80.3 Å². The lowest BCUT2D eigenvalue weighted by Crippen LogP contribution is -2.10. The molecule has 1 N–H and O–H groups in total. The van der Waals surface area contributed by atoms with Crippen molar-refractivity contribution in [3.8, 4) is 16.9 Å². The SMILES string of the molecule is CCOc1c(/C(C)=C/C(=O)Nc2ccc(C)cc2C)cc2c(-c3ccc4ccccc4c3)coc2c1C. The van der Waals surface area contributed by atoms with E-state index in [0.717, 1.165) is 61.4 Å². The van der Waals surface area contributed by atoms with Crippen LogP contribution in [0.5, 0.6) is 5.75 Å². The van der Waals surface area contributed by atoms with E-state index in [9.17, 15) is 4.79 Å². The summed E-state index contributed by atoms with van der Waals surface area (Å²) in [6, 6.07) is 22.8. The molecule has 0 atom stereocenters. The Hall–Kier alpha value is -4.31. The van der Waals surface area contributed by atoms with E-state index in [0.29, 0.717) is 6.61 Å². The summed E-state index contributed by atoms with van der Waals surface area (Å²) < 4.78 is 12.1. The Labute approximate surface area is 217 Å². The minimum Gasteiger partial charge on any atom is -0.493 e. The average Bonchev–Trinajstić information content (AvgIpc) is 3.31. The third-order valence-corrected chi connectivity index (χ3v) is 6.81. The Kier molecular flexibility index (Phi) is 6.58. The molecule has 1 aromatic heterocycles. The second-order valence-corrected chi connectivity index (χ2v) is 9.53. The number of nitrogens with one attached hydrogen (secondary N) is 1. The second kappa shape index (κ2) is 9.98. The van der Waals surface area contributed by atoms with E-state index in [4.69, 9.17) is 9.15 Å². The summed E-state index contributed by atoms with van der Waals surface area (Å²) >= 11 is 0. The van der Waals surface area contributed by atoms with Crippen molar-refractivity contribution in [1.82, 2.24) is 0 Å². The van der Waals surface area contributed by atoms with Gasteiger partial charge in [0, 0.05) is 33.8 Å². The quantitative estimate of drug-likeness (QED) is 0.243. The molecule has 0 aliphatic rings. The van der Waals surface area contributed by atoms with Gasteiger partial charge in [-0.3, -0.25) is 4.79 Å². The lowest BCUT2D eigenvalue weighted by Gasteiger charge is -2.15. The highest BCUT2D eigenvalue weighted by Crippen LogP contribution is 2.41. The van der Waals surface area contributed by atoms with Gasteiger partial charge in [-0.2, -0.15) is 0 Å². The molecule has 186 valence electrons. The van der Waals surface area contributed by atoms with Crippen molar-refractivity contribution in [2.45, 2.75) is 34.6 Å². The summed E-state index contributed by atoms with van der Waals surface area (Å²) in [6.07, 6.45) is 3.45. The van der Waals surface area contributed by atoms with Crippen LogP contribution < -0.4 is 10.1 Å². The van der Waals surface area contributed by atoms with Crippen molar-refractivity contribution in [1.29, 1.82) is 0 Å². The largest absolute Gasteiger partial charge is 0.493 e. The van der Waals surface area contributed by atoms with Crippen molar-refractivity contribution in [2.75, 3.05) is 11.9 Å². The Morgan fingerprint density at radius 2 is 1.76 bits per heavy atom. The third kappa shape index (κ3) is 4.75. The molecule has 0 unspecified atom stereocenters. The normalized spacial score (nSPS) is 11.8. The Bertz CT molecular complexity index is 1670. The fourth-order valence-corrected chi connectivity index (χ4v) is 4.92. The van der Waals surface area contributed by atoms with Crippen molar-refractivity contribution in [2.24, 2.45) is 0 Å². The number of amides is 1. The molecule has 5 rings (SSSR count). The molecule has 4 nitrogen and oxygen atoms in total. The van der Waals surface area contributed by atoms with E-state index in [1.54, 1.807) is 6.08 Å². The minimum atomic E-state index is -0.174. The van der Waals surface area contributed by atoms with Crippen LogP contribution in [-0.2, 0) is 4.79 Å². The zero-order valence-corrected chi connectivity index (χ0v) is 21.9. The number of allylic oxidation sites excluding steroid dienone is 1. The van der Waals surface area contributed by atoms with Crippen LogP contribution in [0.4, 0.5) is 5.69 Å². The summed E-state index contributed by atoms with van der Waals surface area (Å²) in [4.78, 5) is 13.0. The molecule has 0 aliphatic carbocycles. The molecule has 0 radical (unpaired) electrons. The van der Waals surface area contributed by atoms with Crippen LogP contribution in [0, 0.1) is 20.8 Å². The van der Waals surface area contributed by atoms with Gasteiger partial charge in [0.05, 0.1) is 12.9 Å². The van der Waals surface area contributed by atoms with Crippen LogP contribution in [0.25, 0.3) is 38.4 Å². The predicted molar refractivity (Wildman–Crippen MR) is 153 cm³/mol. The van der Waals surface area contributed by atoms with Gasteiger partial charge in [0.2, 0.25) is 5.91 Å². The van der Waals surface area contributed by atoms with Crippen LogP contribution in [0.3, 0.4) is 0 Å². The van der Waals surface area contributed by atoms with Gasteiger partial charge in [-0.15, -0.1) is 0 Å². The fraction of sp³-hybridized carbons (Fsp3) is 0.182. The van der Waals surface area contributed by atoms with E-state index >= 15 is 0 Å². The molecule has 4 aromatic carbocycles. The topological polar surface area (TPSA) is 51.5 Å². The molecule has 0 fully saturated rings. The predicted octanol–water partition coefficient (Wildman–Crippen LogP) is 8.62. The molecule has 4 heteroatoms. The summed E-state index contributed by atoms with van der Waals surface area (Å²) in [7, 11) is 0. The van der Waals surface area contributed by atoms with Gasteiger partial charge in [0.15, 0.2) is 0 Å². The van der Waals surface area contributed by atoms with Gasteiger partial charge in [0.1, 0.15) is 11.3 Å². The van der Waals surface area contributed by atoms with Gasteiger partial charge >= 0.3 is 0 Å². The molecule has 0 saturated heterocycles. The standard InChI is InChI=1S/C33H31NO3/c1-6-36-32-23(5)33-28(29(19-37-33)26-13-12-24-9-7-8-10-25(24)17-26)18-27(32)21(3)16-31(35)34-30-14-11-20(2)15-22(30)4/h7-19H,6H2,1-5H3,(H,34,35)/b21-16+.